The molecule has 2 fully saturated rings. The molecule has 3 heterocycles. The molecule has 1 saturated heterocycles. The number of urea groups is 1. The minimum Gasteiger partial charge on any atom is -0.444 e. The van der Waals surface area contributed by atoms with Crippen molar-refractivity contribution in [1.82, 2.24) is 35.0 Å². The summed E-state index contributed by atoms with van der Waals surface area (Å²) in [4.78, 5) is 65.9. The van der Waals surface area contributed by atoms with Crippen molar-refractivity contribution in [3.8, 4) is 0 Å². The number of aliphatic hydroxyl groups excluding tert-OH is 1. The fraction of sp³-hybridized carbons (Fsp3) is 0.571. The van der Waals surface area contributed by atoms with Gasteiger partial charge in [0.25, 0.3) is 0 Å². The number of carbonyl (C=O) groups is 4. The molecule has 56 heavy (non-hydrogen) atoms. The lowest BCUT2D eigenvalue weighted by molar-refractivity contribution is -0.124. The van der Waals surface area contributed by atoms with Gasteiger partial charge in [0, 0.05) is 50.7 Å². The number of aromatic nitrogens is 3. The lowest BCUT2D eigenvalue weighted by Gasteiger charge is -2.36. The van der Waals surface area contributed by atoms with Crippen molar-refractivity contribution in [3.63, 3.8) is 0 Å². The van der Waals surface area contributed by atoms with Crippen LogP contribution in [0.2, 0.25) is 0 Å². The summed E-state index contributed by atoms with van der Waals surface area (Å²) in [6.07, 6.45) is 11.8. The Morgan fingerprint density at radius 2 is 1.59 bits per heavy atom. The third-order valence-electron chi connectivity index (χ3n) is 10.5. The molecule has 0 spiro atoms. The van der Waals surface area contributed by atoms with Gasteiger partial charge in [0.05, 0.1) is 23.9 Å². The number of nitrogens with zero attached hydrogens (tertiary/aromatic N) is 5. The zero-order chi connectivity index (χ0) is 40.1. The van der Waals surface area contributed by atoms with E-state index in [-0.39, 0.29) is 38.5 Å². The van der Waals surface area contributed by atoms with Crippen molar-refractivity contribution in [1.29, 1.82) is 0 Å². The number of aryl methyl sites for hydroxylation is 1. The van der Waals surface area contributed by atoms with Crippen LogP contribution in [0.1, 0.15) is 93.9 Å². The van der Waals surface area contributed by atoms with E-state index < -0.39 is 47.9 Å². The molecule has 0 unspecified atom stereocenters. The van der Waals surface area contributed by atoms with Gasteiger partial charge >= 0.3 is 12.1 Å². The molecule has 2 aliphatic rings. The summed E-state index contributed by atoms with van der Waals surface area (Å²) in [5.74, 6) is -0.422. The van der Waals surface area contributed by atoms with Crippen LogP contribution in [0, 0.1) is 5.92 Å². The highest BCUT2D eigenvalue weighted by Gasteiger charge is 2.33. The first-order valence-corrected chi connectivity index (χ1v) is 20.1. The van der Waals surface area contributed by atoms with E-state index in [1.165, 1.54) is 17.3 Å². The van der Waals surface area contributed by atoms with Gasteiger partial charge in [0.2, 0.25) is 11.8 Å². The van der Waals surface area contributed by atoms with Crippen LogP contribution in [-0.4, -0.2) is 109 Å². The van der Waals surface area contributed by atoms with Crippen molar-refractivity contribution < 1.29 is 29.0 Å². The molecule has 3 aromatic rings. The number of piperazine rings is 1. The van der Waals surface area contributed by atoms with E-state index in [4.69, 9.17) is 10.5 Å². The van der Waals surface area contributed by atoms with Gasteiger partial charge in [-0.25, -0.2) is 14.6 Å². The maximum absolute atomic E-state index is 14.3. The number of rotatable bonds is 15. The smallest absolute Gasteiger partial charge is 0.410 e. The van der Waals surface area contributed by atoms with E-state index in [2.05, 4.69) is 20.6 Å². The molecule has 304 valence electrons. The highest BCUT2D eigenvalue weighted by molar-refractivity contribution is 5.88. The Balaban J connectivity index is 1.29. The Morgan fingerprint density at radius 1 is 0.893 bits per heavy atom. The second kappa shape index (κ2) is 20.4. The second-order valence-corrected chi connectivity index (χ2v) is 16.2. The maximum Gasteiger partial charge on any atom is 0.410 e. The maximum atomic E-state index is 14.3. The summed E-state index contributed by atoms with van der Waals surface area (Å²) in [6.45, 7) is 6.48. The number of benzene rings is 1. The minimum atomic E-state index is -1.07. The summed E-state index contributed by atoms with van der Waals surface area (Å²) >= 11 is 0. The van der Waals surface area contributed by atoms with Crippen LogP contribution < -0.4 is 16.4 Å². The van der Waals surface area contributed by atoms with Gasteiger partial charge < -0.3 is 36.0 Å². The van der Waals surface area contributed by atoms with Crippen LogP contribution in [0.4, 0.5) is 9.59 Å². The highest BCUT2D eigenvalue weighted by Crippen LogP contribution is 2.29. The van der Waals surface area contributed by atoms with E-state index >= 15 is 0 Å². The number of carbonyl (C=O) groups excluding carboxylic acids is 4. The number of ether oxygens (including phenoxy) is 1. The van der Waals surface area contributed by atoms with Gasteiger partial charge in [0.15, 0.2) is 0 Å². The molecule has 4 atom stereocenters. The third kappa shape index (κ3) is 13.1. The van der Waals surface area contributed by atoms with Crippen molar-refractivity contribution in [2.24, 2.45) is 11.7 Å². The minimum absolute atomic E-state index is 0.00439. The number of amides is 4. The first kappa shape index (κ1) is 42.3. The van der Waals surface area contributed by atoms with Crippen LogP contribution in [0.5, 0.6) is 0 Å². The molecule has 5 rings (SSSR count). The van der Waals surface area contributed by atoms with E-state index in [1.807, 2.05) is 48.5 Å². The van der Waals surface area contributed by atoms with E-state index in [1.54, 1.807) is 43.0 Å². The number of pyridine rings is 1. The van der Waals surface area contributed by atoms with Crippen LogP contribution in [0.15, 0.2) is 67.3 Å². The zero-order valence-electron chi connectivity index (χ0n) is 33.1. The molecular weight excluding hydrogens is 713 g/mol. The van der Waals surface area contributed by atoms with Gasteiger partial charge in [-0.15, -0.1) is 0 Å². The topological polar surface area (TPSA) is 185 Å². The number of hydrogen-bond acceptors (Lipinski definition) is 9. The predicted molar refractivity (Wildman–Crippen MR) is 213 cm³/mol. The van der Waals surface area contributed by atoms with Crippen LogP contribution in [0.25, 0.3) is 0 Å². The van der Waals surface area contributed by atoms with E-state index in [9.17, 15) is 24.3 Å². The average Bonchev–Trinajstić information content (AvgIpc) is 3.66. The first-order chi connectivity index (χ1) is 26.8. The average molecular weight is 773 g/mol. The van der Waals surface area contributed by atoms with Gasteiger partial charge in [-0.2, -0.15) is 0 Å². The molecular formula is C42H60N8O6. The third-order valence-corrected chi connectivity index (χ3v) is 10.5. The first-order valence-electron chi connectivity index (χ1n) is 20.1. The Bertz CT molecular complexity index is 1700. The van der Waals surface area contributed by atoms with Crippen molar-refractivity contribution in [2.75, 3.05) is 26.2 Å². The Labute approximate surface area is 330 Å². The largest absolute Gasteiger partial charge is 0.444 e. The fourth-order valence-corrected chi connectivity index (χ4v) is 7.43. The normalized spacial score (nSPS) is 17.4. The molecule has 14 heteroatoms. The van der Waals surface area contributed by atoms with Gasteiger partial charge in [0.1, 0.15) is 18.0 Å². The summed E-state index contributed by atoms with van der Waals surface area (Å²) in [6, 6.07) is 12.4. The summed E-state index contributed by atoms with van der Waals surface area (Å²) in [5, 5.41) is 17.6. The lowest BCUT2D eigenvalue weighted by Crippen LogP contribution is -2.58. The second-order valence-electron chi connectivity index (χ2n) is 16.2. The van der Waals surface area contributed by atoms with E-state index in [0.717, 1.165) is 36.9 Å². The molecule has 1 aliphatic carbocycles. The quantitative estimate of drug-likeness (QED) is 0.173. The number of nitrogens with two attached hydrogens (primary N) is 1. The van der Waals surface area contributed by atoms with Crippen LogP contribution >= 0.6 is 0 Å². The molecule has 1 saturated carbocycles. The zero-order valence-corrected chi connectivity index (χ0v) is 33.1. The summed E-state index contributed by atoms with van der Waals surface area (Å²) < 4.78 is 6.83. The van der Waals surface area contributed by atoms with Crippen molar-refractivity contribution in [2.45, 2.75) is 121 Å². The van der Waals surface area contributed by atoms with Gasteiger partial charge in [-0.3, -0.25) is 19.1 Å². The Kier molecular flexibility index (Phi) is 15.4. The summed E-state index contributed by atoms with van der Waals surface area (Å²) in [7, 11) is 0. The summed E-state index contributed by atoms with van der Waals surface area (Å²) in [5.41, 5.74) is 7.94. The molecule has 1 aromatic carbocycles. The molecule has 0 radical (unpaired) electrons. The van der Waals surface area contributed by atoms with E-state index in [0.29, 0.717) is 43.7 Å². The molecule has 2 aromatic heterocycles. The van der Waals surface area contributed by atoms with Crippen molar-refractivity contribution >= 4 is 23.9 Å². The molecule has 5 N–H and O–H groups in total. The predicted octanol–water partition coefficient (Wildman–Crippen LogP) is 4.50. The monoisotopic (exact) mass is 772 g/mol. The number of imidazole rings is 1. The molecule has 14 nitrogen and oxygen atoms in total. The lowest BCUT2D eigenvalue weighted by atomic mass is 9.83. The van der Waals surface area contributed by atoms with Gasteiger partial charge in [-0.1, -0.05) is 68.5 Å². The van der Waals surface area contributed by atoms with Crippen LogP contribution in [0.3, 0.4) is 0 Å². The van der Waals surface area contributed by atoms with Crippen LogP contribution in [-0.2, 0) is 28.8 Å². The number of nitrogens with one attached hydrogen (secondary N) is 2. The fourth-order valence-electron chi connectivity index (χ4n) is 7.43. The number of hydrogen-bond donors (Lipinski definition) is 4. The SMILES string of the molecule is CC(C)(C)OC(=O)N1CCN(C(=O)N[C@@H](Cc2cn(C(=O)[C@@H](N)Cc3ccccc3)cn2)C(=O)N[C@@H](CC2CCCCC2)[C@@H](O)CCCc2ccccn2)CC1. The molecule has 4 amide bonds. The number of aliphatic hydroxyl groups is 1. The Morgan fingerprint density at radius 3 is 2.27 bits per heavy atom. The molecule has 1 aliphatic heterocycles. The standard InChI is InChI=1S/C42H60N8O6/c1-42(2,3)56-41(55)49-23-21-48(22-24-49)40(54)47-36(27-33-28-50(29-45-33)39(53)34(43)25-30-13-6-4-7-14-30)38(52)46-35(26-31-15-8-5-9-16-31)37(51)19-12-18-32-17-10-11-20-44-32/h4,6-7,10-11,13-14,17,20,28-29,31,34-37,51H,5,8-9,12,15-16,18-19,21-27,43H2,1-3H3,(H,46,52)(H,47,54)/t34-,35-,36-,37-/m0/s1. The molecule has 0 bridgehead atoms. The van der Waals surface area contributed by atoms with Gasteiger partial charge in [-0.05, 0) is 76.5 Å². The highest BCUT2D eigenvalue weighted by atomic mass is 16.6. The van der Waals surface area contributed by atoms with Crippen molar-refractivity contribution in [3.05, 3.63) is 84.2 Å². The Hall–Kier alpha value is -4.82.